The van der Waals surface area contributed by atoms with Crippen LogP contribution >= 0.6 is 0 Å². The van der Waals surface area contributed by atoms with Gasteiger partial charge in [0.1, 0.15) is 0 Å². The maximum absolute atomic E-state index is 12.3. The molecule has 3 heteroatoms. The lowest BCUT2D eigenvalue weighted by Crippen LogP contribution is -2.37. The molecule has 0 radical (unpaired) electrons. The van der Waals surface area contributed by atoms with Gasteiger partial charge in [0.05, 0.1) is 0 Å². The summed E-state index contributed by atoms with van der Waals surface area (Å²) in [6.07, 6.45) is 9.89. The fourth-order valence-corrected chi connectivity index (χ4v) is 2.70. The van der Waals surface area contributed by atoms with E-state index in [9.17, 15) is 4.79 Å². The van der Waals surface area contributed by atoms with Gasteiger partial charge in [-0.3, -0.25) is 4.79 Å². The van der Waals surface area contributed by atoms with Crippen LogP contribution in [0.4, 0.5) is 5.69 Å². The van der Waals surface area contributed by atoms with Gasteiger partial charge in [0.25, 0.3) is 0 Å². The number of rotatable bonds is 5. The van der Waals surface area contributed by atoms with Gasteiger partial charge in [0, 0.05) is 24.4 Å². The van der Waals surface area contributed by atoms with Gasteiger partial charge in [-0.2, -0.15) is 0 Å². The van der Waals surface area contributed by atoms with Gasteiger partial charge >= 0.3 is 0 Å². The van der Waals surface area contributed by atoms with E-state index >= 15 is 0 Å². The van der Waals surface area contributed by atoms with E-state index in [1.54, 1.807) is 12.2 Å². The molecule has 1 amide bonds. The molecule has 1 aromatic rings. The Balaban J connectivity index is 2.05. The number of nitrogen functional groups attached to an aromatic ring is 1. The van der Waals surface area contributed by atoms with Crippen LogP contribution in [0.3, 0.4) is 0 Å². The number of nitrogens with two attached hydrogens (primary N) is 1. The lowest BCUT2D eigenvalue weighted by Gasteiger charge is -2.26. The summed E-state index contributed by atoms with van der Waals surface area (Å²) in [5.41, 5.74) is 7.38. The van der Waals surface area contributed by atoms with E-state index in [0.717, 1.165) is 18.4 Å². The molecular formula is C17H22N2O. The van der Waals surface area contributed by atoms with E-state index in [4.69, 9.17) is 5.73 Å². The molecule has 20 heavy (non-hydrogen) atoms. The highest BCUT2D eigenvalue weighted by molar-refractivity contribution is 5.92. The summed E-state index contributed by atoms with van der Waals surface area (Å²) in [5.74, 6) is 0.0548. The molecule has 1 aromatic carbocycles. The first-order chi connectivity index (χ1) is 9.70. The van der Waals surface area contributed by atoms with Crippen LogP contribution in [0.5, 0.6) is 0 Å². The van der Waals surface area contributed by atoms with Gasteiger partial charge in [-0.25, -0.2) is 0 Å². The minimum absolute atomic E-state index is 0.0548. The van der Waals surface area contributed by atoms with Gasteiger partial charge in [0.2, 0.25) is 5.91 Å². The molecule has 1 fully saturated rings. The maximum atomic E-state index is 12.3. The van der Waals surface area contributed by atoms with Crippen molar-refractivity contribution in [3.63, 3.8) is 0 Å². The average Bonchev–Trinajstić information content (AvgIpc) is 2.96. The summed E-state index contributed by atoms with van der Waals surface area (Å²) in [6, 6.07) is 7.88. The highest BCUT2D eigenvalue weighted by atomic mass is 16.2. The minimum atomic E-state index is 0.0548. The number of benzene rings is 1. The summed E-state index contributed by atoms with van der Waals surface area (Å²) >= 11 is 0. The molecule has 0 heterocycles. The first kappa shape index (κ1) is 14.4. The summed E-state index contributed by atoms with van der Waals surface area (Å²) in [6.45, 7) is 4.37. The maximum Gasteiger partial charge on any atom is 0.247 e. The average molecular weight is 270 g/mol. The van der Waals surface area contributed by atoms with E-state index in [2.05, 4.69) is 6.58 Å². The summed E-state index contributed by atoms with van der Waals surface area (Å²) < 4.78 is 0. The van der Waals surface area contributed by atoms with Crippen LogP contribution in [-0.2, 0) is 4.79 Å². The number of anilines is 1. The zero-order valence-corrected chi connectivity index (χ0v) is 11.8. The van der Waals surface area contributed by atoms with Gasteiger partial charge < -0.3 is 10.6 Å². The zero-order valence-electron chi connectivity index (χ0n) is 11.8. The second-order valence-electron chi connectivity index (χ2n) is 5.22. The SMILES string of the molecule is C=CCN(C(=O)/C=C/c1cccc(N)c1)C1CCCC1. The smallest absolute Gasteiger partial charge is 0.247 e. The number of carbonyl (C=O) groups is 1. The van der Waals surface area contributed by atoms with E-state index in [1.165, 1.54) is 12.8 Å². The third-order valence-electron chi connectivity index (χ3n) is 3.70. The van der Waals surface area contributed by atoms with Crippen LogP contribution in [0, 0.1) is 0 Å². The second-order valence-corrected chi connectivity index (χ2v) is 5.22. The minimum Gasteiger partial charge on any atom is -0.399 e. The molecule has 0 atom stereocenters. The fourth-order valence-electron chi connectivity index (χ4n) is 2.70. The van der Waals surface area contributed by atoms with E-state index in [1.807, 2.05) is 35.2 Å². The van der Waals surface area contributed by atoms with Gasteiger partial charge in [-0.1, -0.05) is 31.1 Å². The summed E-state index contributed by atoms with van der Waals surface area (Å²) in [7, 11) is 0. The number of carbonyl (C=O) groups excluding carboxylic acids is 1. The molecule has 106 valence electrons. The first-order valence-corrected chi connectivity index (χ1v) is 7.16. The summed E-state index contributed by atoms with van der Waals surface area (Å²) in [4.78, 5) is 14.3. The highest BCUT2D eigenvalue weighted by Gasteiger charge is 2.24. The Kier molecular flexibility index (Phi) is 4.99. The fraction of sp³-hybridized carbons (Fsp3) is 0.353. The Labute approximate surface area is 120 Å². The molecule has 1 saturated carbocycles. The van der Waals surface area contributed by atoms with Gasteiger partial charge in [0.15, 0.2) is 0 Å². The molecule has 0 spiro atoms. The predicted molar refractivity (Wildman–Crippen MR) is 84.1 cm³/mol. The molecule has 0 aliphatic heterocycles. The van der Waals surface area contributed by atoms with E-state index in [0.29, 0.717) is 18.3 Å². The molecule has 3 nitrogen and oxygen atoms in total. The molecule has 1 aliphatic carbocycles. The Morgan fingerprint density at radius 3 is 2.80 bits per heavy atom. The van der Waals surface area contributed by atoms with Crippen molar-refractivity contribution in [2.45, 2.75) is 31.7 Å². The monoisotopic (exact) mass is 270 g/mol. The quantitative estimate of drug-likeness (QED) is 0.507. The Bertz CT molecular complexity index is 501. The molecule has 0 saturated heterocycles. The third kappa shape index (κ3) is 3.73. The Morgan fingerprint density at radius 1 is 1.40 bits per heavy atom. The van der Waals surface area contributed by atoms with Crippen LogP contribution in [0.15, 0.2) is 43.0 Å². The third-order valence-corrected chi connectivity index (χ3v) is 3.70. The highest BCUT2D eigenvalue weighted by Crippen LogP contribution is 2.23. The zero-order chi connectivity index (χ0) is 14.4. The van der Waals surface area contributed by atoms with E-state index < -0.39 is 0 Å². The Morgan fingerprint density at radius 2 is 2.15 bits per heavy atom. The largest absolute Gasteiger partial charge is 0.399 e. The van der Waals surface area contributed by atoms with Crippen LogP contribution in [0.2, 0.25) is 0 Å². The van der Waals surface area contributed by atoms with Crippen molar-refractivity contribution in [2.24, 2.45) is 0 Å². The van der Waals surface area contributed by atoms with Gasteiger partial charge in [-0.05, 0) is 36.6 Å². The van der Waals surface area contributed by atoms with Crippen LogP contribution in [0.1, 0.15) is 31.2 Å². The lowest BCUT2D eigenvalue weighted by molar-refractivity contribution is -0.127. The van der Waals surface area contributed by atoms with Crippen LogP contribution in [0.25, 0.3) is 6.08 Å². The topological polar surface area (TPSA) is 46.3 Å². The molecule has 0 unspecified atom stereocenters. The number of nitrogens with zero attached hydrogens (tertiary/aromatic N) is 1. The predicted octanol–water partition coefficient (Wildman–Crippen LogP) is 3.24. The van der Waals surface area contributed by atoms with Crippen LogP contribution < -0.4 is 5.73 Å². The Hall–Kier alpha value is -2.03. The van der Waals surface area contributed by atoms with Crippen molar-refractivity contribution in [2.75, 3.05) is 12.3 Å². The number of amides is 1. The molecule has 2 rings (SSSR count). The second kappa shape index (κ2) is 6.94. The van der Waals surface area contributed by atoms with Crippen molar-refractivity contribution in [1.29, 1.82) is 0 Å². The number of hydrogen-bond donors (Lipinski definition) is 1. The molecular weight excluding hydrogens is 248 g/mol. The van der Waals surface area contributed by atoms with Crippen molar-refractivity contribution in [3.05, 3.63) is 48.6 Å². The summed E-state index contributed by atoms with van der Waals surface area (Å²) in [5, 5.41) is 0. The molecule has 1 aliphatic rings. The standard InChI is InChI=1S/C17H22N2O/c1-2-12-19(16-8-3-4-9-16)17(20)11-10-14-6-5-7-15(18)13-14/h2,5-7,10-11,13,16H,1,3-4,8-9,12,18H2/b11-10+. The number of hydrogen-bond acceptors (Lipinski definition) is 2. The van der Waals surface area contributed by atoms with E-state index in [-0.39, 0.29) is 5.91 Å². The lowest BCUT2D eigenvalue weighted by atomic mass is 10.1. The normalized spacial score (nSPS) is 15.6. The van der Waals surface area contributed by atoms with Crippen molar-refractivity contribution in [3.8, 4) is 0 Å². The van der Waals surface area contributed by atoms with Crippen LogP contribution in [-0.4, -0.2) is 23.4 Å². The van der Waals surface area contributed by atoms with Crippen molar-refractivity contribution < 1.29 is 4.79 Å². The van der Waals surface area contributed by atoms with Gasteiger partial charge in [-0.15, -0.1) is 6.58 Å². The molecule has 2 N–H and O–H groups in total. The first-order valence-electron chi connectivity index (χ1n) is 7.16. The van der Waals surface area contributed by atoms with Crippen molar-refractivity contribution >= 4 is 17.7 Å². The molecule has 0 aromatic heterocycles. The van der Waals surface area contributed by atoms with Crippen molar-refractivity contribution in [1.82, 2.24) is 4.90 Å². The molecule has 0 bridgehead atoms.